The smallest absolute Gasteiger partial charge is 0.266 e. The number of halogens is 1. The quantitative estimate of drug-likeness (QED) is 0.468. The zero-order valence-electron chi connectivity index (χ0n) is 17.0. The summed E-state index contributed by atoms with van der Waals surface area (Å²) >= 11 is 5.31. The van der Waals surface area contributed by atoms with Crippen LogP contribution in [0.25, 0.3) is 16.6 Å². The molecule has 2 aromatic carbocycles. The molecule has 1 atom stereocenters. The van der Waals surface area contributed by atoms with Gasteiger partial charge in [-0.15, -0.1) is 0 Å². The molecule has 1 fully saturated rings. The number of ether oxygens (including phenoxy) is 2. The Kier molecular flexibility index (Phi) is 6.26. The molecule has 1 saturated heterocycles. The van der Waals surface area contributed by atoms with Crippen LogP contribution in [0.2, 0.25) is 0 Å². The van der Waals surface area contributed by atoms with Gasteiger partial charge >= 0.3 is 0 Å². The molecule has 0 saturated carbocycles. The predicted molar refractivity (Wildman–Crippen MR) is 117 cm³/mol. The minimum absolute atomic E-state index is 0.0154. The summed E-state index contributed by atoms with van der Waals surface area (Å²) in [5.41, 5.74) is 0.502. The number of aromatic amines is 1. The molecular formula is C22H22FN3O4S. The van der Waals surface area contributed by atoms with E-state index in [0.717, 1.165) is 11.0 Å². The number of methoxy groups -OCH3 is 1. The number of benzene rings is 2. The van der Waals surface area contributed by atoms with Crippen LogP contribution in [0.5, 0.6) is 0 Å². The topological polar surface area (TPSA) is 76.6 Å². The van der Waals surface area contributed by atoms with E-state index >= 15 is 0 Å². The molecule has 4 rings (SSSR count). The third-order valence-electron chi connectivity index (χ3n) is 5.31. The first-order valence-electron chi connectivity index (χ1n) is 9.93. The van der Waals surface area contributed by atoms with E-state index in [2.05, 4.69) is 4.98 Å². The zero-order valence-corrected chi connectivity index (χ0v) is 17.8. The Hall–Kier alpha value is -2.88. The Balaban J connectivity index is 1.62. The largest absolute Gasteiger partial charge is 0.382 e. The number of likely N-dealkylation sites (tertiary alicyclic amines) is 1. The molecule has 7 nitrogen and oxygen atoms in total. The molecule has 1 N–H and O–H groups in total. The van der Waals surface area contributed by atoms with Crippen molar-refractivity contribution in [1.29, 1.82) is 0 Å². The van der Waals surface area contributed by atoms with E-state index in [1.54, 1.807) is 42.3 Å². The molecule has 0 bridgehead atoms. The summed E-state index contributed by atoms with van der Waals surface area (Å²) < 4.78 is 26.1. The number of aromatic nitrogens is 2. The van der Waals surface area contributed by atoms with Gasteiger partial charge in [0, 0.05) is 25.8 Å². The average molecular weight is 444 g/mol. The number of rotatable bonds is 6. The molecule has 1 amide bonds. The molecule has 1 aliphatic rings. The lowest BCUT2D eigenvalue weighted by Gasteiger charge is -2.17. The van der Waals surface area contributed by atoms with Crippen molar-refractivity contribution in [3.05, 3.63) is 69.0 Å². The highest BCUT2D eigenvalue weighted by molar-refractivity contribution is 7.71. The molecule has 162 valence electrons. The number of H-pyrrole nitrogens is 1. The molecule has 1 unspecified atom stereocenters. The van der Waals surface area contributed by atoms with Gasteiger partial charge in [-0.05, 0) is 49.0 Å². The van der Waals surface area contributed by atoms with Gasteiger partial charge in [-0.3, -0.25) is 9.59 Å². The van der Waals surface area contributed by atoms with E-state index in [0.29, 0.717) is 42.8 Å². The van der Waals surface area contributed by atoms with Crippen molar-refractivity contribution in [3.8, 4) is 5.69 Å². The van der Waals surface area contributed by atoms with E-state index in [1.165, 1.54) is 12.1 Å². The van der Waals surface area contributed by atoms with Crippen LogP contribution in [0.4, 0.5) is 4.39 Å². The average Bonchev–Trinajstić information content (AvgIpc) is 3.23. The fourth-order valence-electron chi connectivity index (χ4n) is 3.73. The number of carbonyl (C=O) groups excluding carboxylic acids is 1. The monoisotopic (exact) mass is 443 g/mol. The second kappa shape index (κ2) is 9.09. The van der Waals surface area contributed by atoms with Gasteiger partial charge in [0.25, 0.3) is 11.5 Å². The Bertz CT molecular complexity index is 1240. The van der Waals surface area contributed by atoms with Gasteiger partial charge in [0.15, 0.2) is 4.77 Å². The molecule has 31 heavy (non-hydrogen) atoms. The summed E-state index contributed by atoms with van der Waals surface area (Å²) in [5.74, 6) is -0.691. The molecule has 9 heteroatoms. The van der Waals surface area contributed by atoms with Crippen molar-refractivity contribution in [3.63, 3.8) is 0 Å². The Morgan fingerprint density at radius 1 is 1.26 bits per heavy atom. The third-order valence-corrected chi connectivity index (χ3v) is 5.60. The van der Waals surface area contributed by atoms with E-state index < -0.39 is 11.4 Å². The summed E-state index contributed by atoms with van der Waals surface area (Å²) in [6, 6.07) is 10.7. The Morgan fingerprint density at radius 3 is 2.84 bits per heavy atom. The highest BCUT2D eigenvalue weighted by Gasteiger charge is 2.27. The summed E-state index contributed by atoms with van der Waals surface area (Å²) in [6.45, 7) is 2.10. The summed E-state index contributed by atoms with van der Waals surface area (Å²) in [6.07, 6.45) is 0.747. The van der Waals surface area contributed by atoms with Crippen LogP contribution >= 0.6 is 12.2 Å². The SMILES string of the molecule is COCCOC1CCN(C(=O)c2ccc3c(=O)n(-c4ccccc4F)c(=S)[nH]c3c2)C1. The van der Waals surface area contributed by atoms with Gasteiger partial charge in [0.1, 0.15) is 5.82 Å². The first kappa shape index (κ1) is 21.4. The molecule has 0 aliphatic carbocycles. The Morgan fingerprint density at radius 2 is 2.06 bits per heavy atom. The summed E-state index contributed by atoms with van der Waals surface area (Å²) in [5, 5.41) is 0.315. The number of para-hydroxylation sites is 1. The van der Waals surface area contributed by atoms with Crippen LogP contribution in [-0.2, 0) is 9.47 Å². The third kappa shape index (κ3) is 4.30. The minimum atomic E-state index is -0.549. The first-order chi connectivity index (χ1) is 15.0. The maximum atomic E-state index is 14.2. The minimum Gasteiger partial charge on any atom is -0.382 e. The van der Waals surface area contributed by atoms with Crippen molar-refractivity contribution in [2.75, 3.05) is 33.4 Å². The zero-order chi connectivity index (χ0) is 22.0. The molecule has 0 radical (unpaired) electrons. The fraction of sp³-hybridized carbons (Fsp3) is 0.318. The van der Waals surface area contributed by atoms with Crippen molar-refractivity contribution in [1.82, 2.24) is 14.5 Å². The molecule has 2 heterocycles. The molecule has 1 aliphatic heterocycles. The molecule has 1 aromatic heterocycles. The molecule has 0 spiro atoms. The standard InChI is InChI=1S/C22H22FN3O4S/c1-29-10-11-30-15-8-9-25(13-15)20(27)14-6-7-16-18(12-14)24-22(31)26(21(16)28)19-5-3-2-4-17(19)23/h2-7,12,15H,8-11,13H2,1H3,(H,24,31). The van der Waals surface area contributed by atoms with E-state index in [9.17, 15) is 14.0 Å². The lowest BCUT2D eigenvalue weighted by atomic mass is 10.1. The normalized spacial score (nSPS) is 16.2. The summed E-state index contributed by atoms with van der Waals surface area (Å²) in [7, 11) is 1.62. The maximum Gasteiger partial charge on any atom is 0.266 e. The van der Waals surface area contributed by atoms with E-state index in [4.69, 9.17) is 21.7 Å². The highest BCUT2D eigenvalue weighted by atomic mass is 32.1. The number of carbonyl (C=O) groups is 1. The van der Waals surface area contributed by atoms with Crippen LogP contribution in [0.3, 0.4) is 0 Å². The number of nitrogens with one attached hydrogen (secondary N) is 1. The number of hydrogen-bond donors (Lipinski definition) is 1. The maximum absolute atomic E-state index is 14.2. The second-order valence-electron chi connectivity index (χ2n) is 7.31. The number of nitrogens with zero attached hydrogens (tertiary/aromatic N) is 2. The van der Waals surface area contributed by atoms with Gasteiger partial charge in [-0.1, -0.05) is 12.1 Å². The molecule has 3 aromatic rings. The van der Waals surface area contributed by atoms with Crippen LogP contribution in [0.15, 0.2) is 47.3 Å². The van der Waals surface area contributed by atoms with Gasteiger partial charge in [0.05, 0.1) is 35.9 Å². The van der Waals surface area contributed by atoms with E-state index in [-0.39, 0.29) is 22.5 Å². The van der Waals surface area contributed by atoms with Crippen LogP contribution in [0, 0.1) is 10.6 Å². The van der Waals surface area contributed by atoms with Gasteiger partial charge in [-0.2, -0.15) is 0 Å². The van der Waals surface area contributed by atoms with E-state index in [1.807, 2.05) is 0 Å². The summed E-state index contributed by atoms with van der Waals surface area (Å²) in [4.78, 5) is 30.6. The lowest BCUT2D eigenvalue weighted by molar-refractivity contribution is 0.0218. The number of hydrogen-bond acceptors (Lipinski definition) is 5. The van der Waals surface area contributed by atoms with Crippen molar-refractivity contribution in [2.45, 2.75) is 12.5 Å². The second-order valence-corrected chi connectivity index (χ2v) is 7.69. The van der Waals surface area contributed by atoms with Crippen molar-refractivity contribution >= 4 is 29.0 Å². The van der Waals surface area contributed by atoms with Crippen LogP contribution in [-0.4, -0.2) is 59.9 Å². The number of fused-ring (bicyclic) bond motifs is 1. The van der Waals surface area contributed by atoms with Gasteiger partial charge in [-0.25, -0.2) is 8.96 Å². The Labute approximate surface area is 183 Å². The molecular weight excluding hydrogens is 421 g/mol. The van der Waals surface area contributed by atoms with Crippen LogP contribution in [0.1, 0.15) is 16.8 Å². The fourth-order valence-corrected chi connectivity index (χ4v) is 4.02. The predicted octanol–water partition coefficient (Wildman–Crippen LogP) is 3.06. The first-order valence-corrected chi connectivity index (χ1v) is 10.3. The van der Waals surface area contributed by atoms with Gasteiger partial charge < -0.3 is 19.4 Å². The lowest BCUT2D eigenvalue weighted by Crippen LogP contribution is -2.30. The van der Waals surface area contributed by atoms with Crippen molar-refractivity contribution < 1.29 is 18.7 Å². The number of amides is 1. The van der Waals surface area contributed by atoms with Crippen molar-refractivity contribution in [2.24, 2.45) is 0 Å². The van der Waals surface area contributed by atoms with Crippen LogP contribution < -0.4 is 5.56 Å². The highest BCUT2D eigenvalue weighted by Crippen LogP contribution is 2.19. The van der Waals surface area contributed by atoms with Gasteiger partial charge in [0.2, 0.25) is 0 Å².